The number of hydroxylamine groups is 2. The molecule has 1 unspecified atom stereocenters. The van der Waals surface area contributed by atoms with E-state index in [2.05, 4.69) is 9.84 Å². The number of nitrogens with zero attached hydrogens (tertiary/aromatic N) is 3. The third-order valence-corrected chi connectivity index (χ3v) is 4.83. The van der Waals surface area contributed by atoms with Crippen molar-refractivity contribution in [1.29, 1.82) is 0 Å². The molecule has 0 fully saturated rings. The average molecular weight is 394 g/mol. The van der Waals surface area contributed by atoms with Crippen LogP contribution in [0, 0.1) is 6.57 Å². The molecule has 3 rings (SSSR count). The van der Waals surface area contributed by atoms with Crippen molar-refractivity contribution in [3.63, 3.8) is 0 Å². The van der Waals surface area contributed by atoms with E-state index < -0.39 is 11.3 Å². The molecule has 0 aliphatic carbocycles. The highest BCUT2D eigenvalue weighted by Gasteiger charge is 2.59. The third-order valence-electron chi connectivity index (χ3n) is 4.62. The fourth-order valence-electron chi connectivity index (χ4n) is 3.31. The quantitative estimate of drug-likeness (QED) is 0.705. The lowest BCUT2D eigenvalue weighted by Gasteiger charge is -2.45. The molecule has 1 N–H and O–H groups in total. The number of ether oxygens (including phenoxy) is 1. The molecule has 1 atom stereocenters. The number of benzene rings is 1. The first kappa shape index (κ1) is 19.5. The molecule has 2 heterocycles. The van der Waals surface area contributed by atoms with E-state index in [0.29, 0.717) is 5.06 Å². The highest BCUT2D eigenvalue weighted by molar-refractivity contribution is 6.32. The van der Waals surface area contributed by atoms with Gasteiger partial charge < -0.3 is 4.74 Å². The van der Waals surface area contributed by atoms with Gasteiger partial charge in [0.2, 0.25) is 0 Å². The number of amidine groups is 1. The van der Waals surface area contributed by atoms with Gasteiger partial charge in [0.1, 0.15) is 5.41 Å². The minimum atomic E-state index is -3.31. The number of allylic oxidation sites excluding steroid dienone is 2. The van der Waals surface area contributed by atoms with Crippen molar-refractivity contribution in [2.45, 2.75) is 38.2 Å². The summed E-state index contributed by atoms with van der Waals surface area (Å²) in [4.78, 5) is 7.68. The van der Waals surface area contributed by atoms with Crippen molar-refractivity contribution < 1.29 is 18.7 Å². The Balaban J connectivity index is 2.38. The third kappa shape index (κ3) is 3.14. The molecule has 0 bridgehead atoms. The molecule has 0 saturated carbocycles. The lowest BCUT2D eigenvalue weighted by molar-refractivity contribution is -0.0881. The summed E-state index contributed by atoms with van der Waals surface area (Å²) in [6, 6.07) is 4.40. The van der Waals surface area contributed by atoms with Crippen LogP contribution < -0.4 is 0 Å². The first-order chi connectivity index (χ1) is 12.6. The summed E-state index contributed by atoms with van der Waals surface area (Å²) in [5.74, 6) is -3.35. The second-order valence-electron chi connectivity index (χ2n) is 6.82. The van der Waals surface area contributed by atoms with Gasteiger partial charge in [-0.15, -0.1) is 0 Å². The Morgan fingerprint density at radius 3 is 2.74 bits per heavy atom. The van der Waals surface area contributed by atoms with Crippen LogP contribution in [0.5, 0.6) is 0 Å². The minimum Gasteiger partial charge on any atom is -0.377 e. The molecule has 2 aliphatic rings. The van der Waals surface area contributed by atoms with Gasteiger partial charge >= 0.3 is 0 Å². The van der Waals surface area contributed by atoms with Crippen molar-refractivity contribution in [3.8, 4) is 0 Å². The van der Waals surface area contributed by atoms with Crippen LogP contribution in [0.3, 0.4) is 0 Å². The largest absolute Gasteiger partial charge is 0.377 e. The highest BCUT2D eigenvalue weighted by atomic mass is 35.5. The molecule has 27 heavy (non-hydrogen) atoms. The van der Waals surface area contributed by atoms with Gasteiger partial charge in [-0.1, -0.05) is 17.7 Å². The molecule has 2 aliphatic heterocycles. The molecule has 8 heteroatoms. The van der Waals surface area contributed by atoms with Crippen LogP contribution >= 0.6 is 11.6 Å². The fourth-order valence-corrected chi connectivity index (χ4v) is 3.51. The topological polar surface area (TPSA) is 49.4 Å². The van der Waals surface area contributed by atoms with Gasteiger partial charge in [-0.25, -0.2) is 23.7 Å². The van der Waals surface area contributed by atoms with Crippen LogP contribution in [0.15, 0.2) is 46.1 Å². The Bertz CT molecular complexity index is 913. The number of halogens is 3. The molecule has 0 aromatic heterocycles. The Morgan fingerprint density at radius 1 is 1.44 bits per heavy atom. The summed E-state index contributed by atoms with van der Waals surface area (Å²) in [6.07, 6.45) is 2.24. The maximum atomic E-state index is 15.2. The van der Waals surface area contributed by atoms with E-state index in [1.165, 1.54) is 30.5 Å². The maximum Gasteiger partial charge on any atom is 0.261 e. The molecule has 1 aromatic rings. The second-order valence-corrected chi connectivity index (χ2v) is 7.26. The molecule has 0 spiro atoms. The predicted octanol–water partition coefficient (Wildman–Crippen LogP) is 5.31. The van der Waals surface area contributed by atoms with E-state index in [4.69, 9.17) is 22.9 Å². The van der Waals surface area contributed by atoms with Crippen molar-refractivity contribution in [2.24, 2.45) is 4.99 Å². The molecule has 5 nitrogen and oxygen atoms in total. The molecule has 0 saturated heterocycles. The summed E-state index contributed by atoms with van der Waals surface area (Å²) in [5, 5.41) is 11.0. The van der Waals surface area contributed by atoms with Crippen LogP contribution in [0.2, 0.25) is 0 Å². The van der Waals surface area contributed by atoms with Crippen molar-refractivity contribution in [2.75, 3.05) is 6.61 Å². The Morgan fingerprint density at radius 2 is 2.15 bits per heavy atom. The van der Waals surface area contributed by atoms with Crippen LogP contribution in [0.25, 0.3) is 4.85 Å². The molecule has 0 radical (unpaired) electrons. The average Bonchev–Trinajstić information content (AvgIpc) is 2.57. The van der Waals surface area contributed by atoms with Crippen LogP contribution in [-0.4, -0.2) is 34.7 Å². The zero-order valence-corrected chi connectivity index (χ0v) is 15.8. The number of hydrogen-bond donors (Lipinski definition) is 1. The molecule has 142 valence electrons. The number of alkyl halides is 2. The van der Waals surface area contributed by atoms with E-state index in [0.717, 1.165) is 6.92 Å². The zero-order valence-electron chi connectivity index (χ0n) is 15.0. The predicted molar refractivity (Wildman–Crippen MR) is 98.8 cm³/mol. The van der Waals surface area contributed by atoms with Gasteiger partial charge in [0, 0.05) is 12.5 Å². The van der Waals surface area contributed by atoms with Crippen LogP contribution in [0.4, 0.5) is 20.2 Å². The number of aliphatic imine (C=N–C) groups is 1. The SMILES string of the molecule is [C-]#[N+]c1ccc2c(c1)C(COC(C)C)(C(C)(F)F)C1=CC(Cl)=CN(O)C1=N2. The Labute approximate surface area is 161 Å². The summed E-state index contributed by atoms with van der Waals surface area (Å²) in [6.45, 7) is 11.2. The molecular formula is C19H18ClF2N3O2. The van der Waals surface area contributed by atoms with E-state index in [1.54, 1.807) is 13.8 Å². The molecule has 1 aromatic carbocycles. The van der Waals surface area contributed by atoms with E-state index in [9.17, 15) is 5.21 Å². The van der Waals surface area contributed by atoms with Crippen LogP contribution in [-0.2, 0) is 10.2 Å². The van der Waals surface area contributed by atoms with Gasteiger partial charge in [0.15, 0.2) is 11.5 Å². The molecular weight excluding hydrogens is 376 g/mol. The fraction of sp³-hybridized carbons (Fsp3) is 0.368. The smallest absolute Gasteiger partial charge is 0.261 e. The first-order valence-corrected chi connectivity index (χ1v) is 8.66. The Hall–Kier alpha value is -2.27. The standard InChI is InChI=1S/C19H18ClF2N3O2/c1-11(2)27-10-19(18(3,21)22)14-8-13(23-4)5-6-16(14)24-17-15(19)7-12(20)9-25(17)26/h5-9,11,26H,10H2,1-3H3. The van der Waals surface area contributed by atoms with Crippen molar-refractivity contribution in [3.05, 3.63) is 58.1 Å². The maximum absolute atomic E-state index is 15.2. The summed E-state index contributed by atoms with van der Waals surface area (Å²) in [5.41, 5.74) is -1.31. The summed E-state index contributed by atoms with van der Waals surface area (Å²) in [7, 11) is 0. The molecule has 0 amide bonds. The lowest BCUT2D eigenvalue weighted by Crippen LogP contribution is -2.54. The summed E-state index contributed by atoms with van der Waals surface area (Å²) >= 11 is 6.05. The zero-order chi connectivity index (χ0) is 20.0. The summed E-state index contributed by atoms with van der Waals surface area (Å²) < 4.78 is 36.1. The highest BCUT2D eigenvalue weighted by Crippen LogP contribution is 2.54. The van der Waals surface area contributed by atoms with Crippen molar-refractivity contribution in [1.82, 2.24) is 5.06 Å². The second kappa shape index (κ2) is 6.71. The van der Waals surface area contributed by atoms with E-state index in [-0.39, 0.29) is 46.1 Å². The van der Waals surface area contributed by atoms with Gasteiger partial charge in [-0.3, -0.25) is 5.21 Å². The van der Waals surface area contributed by atoms with E-state index in [1.807, 2.05) is 0 Å². The van der Waals surface area contributed by atoms with Gasteiger partial charge in [-0.2, -0.15) is 0 Å². The number of hydrogen-bond acceptors (Lipinski definition) is 4. The normalized spacial score (nSPS) is 21.7. The van der Waals surface area contributed by atoms with Gasteiger partial charge in [-0.05, 0) is 37.6 Å². The van der Waals surface area contributed by atoms with E-state index >= 15 is 8.78 Å². The van der Waals surface area contributed by atoms with Crippen molar-refractivity contribution >= 4 is 28.8 Å². The monoisotopic (exact) mass is 393 g/mol. The Kier molecular flexibility index (Phi) is 4.85. The first-order valence-electron chi connectivity index (χ1n) is 8.28. The lowest BCUT2D eigenvalue weighted by atomic mass is 9.67. The van der Waals surface area contributed by atoms with Crippen LogP contribution in [0.1, 0.15) is 26.3 Å². The number of rotatable bonds is 4. The van der Waals surface area contributed by atoms with Gasteiger partial charge in [0.05, 0.1) is 36.2 Å². The minimum absolute atomic E-state index is 0.0419. The number of fused-ring (bicyclic) bond motifs is 2. The van der Waals surface area contributed by atoms with Gasteiger partial charge in [0.25, 0.3) is 5.92 Å².